The van der Waals surface area contributed by atoms with Crippen LogP contribution in [0.3, 0.4) is 0 Å². The molecule has 1 heterocycles. The lowest BCUT2D eigenvalue weighted by atomic mass is 9.79. The van der Waals surface area contributed by atoms with E-state index in [-0.39, 0.29) is 36.2 Å². The topological polar surface area (TPSA) is 255 Å². The molecule has 2 aromatic rings. The summed E-state index contributed by atoms with van der Waals surface area (Å²) < 4.78 is 0. The van der Waals surface area contributed by atoms with Crippen molar-refractivity contribution in [1.82, 2.24) is 31.1 Å². The number of hydrogen-bond donors (Lipinski definition) is 8. The molecule has 0 saturated carbocycles. The molecule has 60 heavy (non-hydrogen) atoms. The van der Waals surface area contributed by atoms with Crippen LogP contribution in [0.15, 0.2) is 101 Å². The number of carbonyl (C=O) groups excluding carboxylic acids is 6. The van der Waals surface area contributed by atoms with E-state index in [1.165, 1.54) is 40.1 Å². The van der Waals surface area contributed by atoms with E-state index in [0.717, 1.165) is 20.9 Å². The minimum Gasteiger partial charge on any atom is -0.508 e. The third-order valence-electron chi connectivity index (χ3n) is 10.9. The third kappa shape index (κ3) is 10.3. The van der Waals surface area contributed by atoms with Gasteiger partial charge >= 0.3 is 5.97 Å². The van der Waals surface area contributed by atoms with E-state index in [1.807, 2.05) is 30.3 Å². The Kier molecular flexibility index (Phi) is 14.4. The summed E-state index contributed by atoms with van der Waals surface area (Å²) in [6, 6.07) is 9.71. The van der Waals surface area contributed by atoms with Gasteiger partial charge in [-0.05, 0) is 67.2 Å². The van der Waals surface area contributed by atoms with Crippen molar-refractivity contribution in [3.8, 4) is 11.1 Å². The highest BCUT2D eigenvalue weighted by Gasteiger charge is 2.39. The van der Waals surface area contributed by atoms with Crippen molar-refractivity contribution in [2.75, 3.05) is 27.2 Å². The van der Waals surface area contributed by atoms with E-state index < -0.39 is 96.8 Å². The molecule has 7 atom stereocenters. The molecule has 0 unspecified atom stereocenters. The van der Waals surface area contributed by atoms with Crippen LogP contribution in [0.5, 0.6) is 0 Å². The number of carbonyl (C=O) groups is 7. The Morgan fingerprint density at radius 1 is 0.917 bits per heavy atom. The van der Waals surface area contributed by atoms with Crippen LogP contribution >= 0.6 is 0 Å². The van der Waals surface area contributed by atoms with Crippen molar-refractivity contribution in [1.29, 1.82) is 0 Å². The highest BCUT2D eigenvalue weighted by molar-refractivity contribution is 5.99. The van der Waals surface area contributed by atoms with Crippen LogP contribution in [0.1, 0.15) is 43.5 Å². The summed E-state index contributed by atoms with van der Waals surface area (Å²) in [5.74, 6) is -6.82. The maximum absolute atomic E-state index is 13.9. The van der Waals surface area contributed by atoms with Crippen LogP contribution in [0.4, 0.5) is 0 Å². The van der Waals surface area contributed by atoms with E-state index in [1.54, 1.807) is 36.4 Å². The number of nitrogens with one attached hydrogen (secondary N) is 4. The zero-order valence-electron chi connectivity index (χ0n) is 33.6. The van der Waals surface area contributed by atoms with Gasteiger partial charge in [0.15, 0.2) is 0 Å². The molecule has 0 spiro atoms. The Morgan fingerprint density at radius 3 is 2.23 bits per heavy atom. The highest BCUT2D eigenvalue weighted by Crippen LogP contribution is 2.36. The van der Waals surface area contributed by atoms with Gasteiger partial charge in [0, 0.05) is 37.6 Å². The first kappa shape index (κ1) is 44.5. The fraction of sp³-hybridized carbons (Fsp3) is 0.372. The van der Waals surface area contributed by atoms with Gasteiger partial charge in [-0.2, -0.15) is 0 Å². The predicted molar refractivity (Wildman–Crippen MR) is 217 cm³/mol. The lowest BCUT2D eigenvalue weighted by Crippen LogP contribution is -2.58. The molecule has 0 saturated heterocycles. The standard InChI is InChI=1S/C43H50N6O11/c1-23(45-40(56)33(22-50)48(3)42(58)28-13-11-27(12-14-28)26-8-6-5-7-9-26)38(54)44-21-36(53)49(4)37-29-15-17-35(52)31(20-29)30-18-25(10-16-34(30)51)19-32(43(59)60)47-39(55)24(2)46-41(37)57/h5-15,17-18,23-24,29,32-34,37,50-52H,16,19-22H2,1-4H3,(H,44,54)(H,45,56)(H,46,57)(H,47,55)(H,59,60)/t23-,24+,29+,32+,33-,34+,37+/m1/s1. The van der Waals surface area contributed by atoms with Crippen LogP contribution < -0.4 is 21.3 Å². The largest absolute Gasteiger partial charge is 0.508 e. The van der Waals surface area contributed by atoms with Gasteiger partial charge in [-0.25, -0.2) is 4.79 Å². The summed E-state index contributed by atoms with van der Waals surface area (Å²) >= 11 is 0. The normalized spacial score (nSPS) is 22.7. The monoisotopic (exact) mass is 826 g/mol. The average Bonchev–Trinajstić information content (AvgIpc) is 3.23. The number of rotatable bonds is 11. The van der Waals surface area contributed by atoms with E-state index in [4.69, 9.17) is 0 Å². The van der Waals surface area contributed by atoms with Crippen LogP contribution in [-0.2, 0) is 28.8 Å². The van der Waals surface area contributed by atoms with Crippen LogP contribution in [0.25, 0.3) is 11.1 Å². The molecule has 6 amide bonds. The third-order valence-corrected chi connectivity index (χ3v) is 10.9. The molecule has 0 fully saturated rings. The van der Waals surface area contributed by atoms with E-state index in [0.29, 0.717) is 11.1 Å². The molecule has 5 rings (SSSR count). The molecule has 0 aromatic heterocycles. The number of likely N-dealkylation sites (N-methyl/N-ethyl adjacent to an activating group) is 2. The predicted octanol–water partition coefficient (Wildman–Crippen LogP) is 0.718. The number of hydrogen-bond acceptors (Lipinski definition) is 10. The second-order valence-corrected chi connectivity index (χ2v) is 15.0. The molecule has 17 nitrogen and oxygen atoms in total. The summed E-state index contributed by atoms with van der Waals surface area (Å²) in [6.07, 6.45) is 4.93. The first-order chi connectivity index (χ1) is 28.5. The molecule has 2 aromatic carbocycles. The zero-order valence-corrected chi connectivity index (χ0v) is 33.6. The number of carboxylic acid groups (broad SMARTS) is 1. The van der Waals surface area contributed by atoms with Crippen molar-refractivity contribution < 1.29 is 54.0 Å². The maximum Gasteiger partial charge on any atom is 0.326 e. The quantitative estimate of drug-likeness (QED) is 0.157. The van der Waals surface area contributed by atoms with Gasteiger partial charge in [0.25, 0.3) is 5.91 Å². The van der Waals surface area contributed by atoms with Gasteiger partial charge in [0.2, 0.25) is 29.5 Å². The first-order valence-corrected chi connectivity index (χ1v) is 19.4. The minimum atomic E-state index is -1.38. The molecular weight excluding hydrogens is 777 g/mol. The lowest BCUT2D eigenvalue weighted by Gasteiger charge is -2.36. The second kappa shape index (κ2) is 19.4. The summed E-state index contributed by atoms with van der Waals surface area (Å²) in [5, 5.41) is 51.6. The Balaban J connectivity index is 1.25. The van der Waals surface area contributed by atoms with Crippen molar-refractivity contribution in [2.45, 2.75) is 69.4 Å². The van der Waals surface area contributed by atoms with Crippen LogP contribution in [0.2, 0.25) is 0 Å². The van der Waals surface area contributed by atoms with Gasteiger partial charge in [-0.3, -0.25) is 28.8 Å². The van der Waals surface area contributed by atoms with Crippen LogP contribution in [0, 0.1) is 5.92 Å². The number of allylic oxidation sites excluding steroid dienone is 2. The fourth-order valence-electron chi connectivity index (χ4n) is 7.27. The van der Waals surface area contributed by atoms with Gasteiger partial charge < -0.3 is 51.5 Å². The molecule has 2 aliphatic carbocycles. The Hall–Kier alpha value is -6.59. The maximum atomic E-state index is 13.9. The van der Waals surface area contributed by atoms with Gasteiger partial charge in [0.1, 0.15) is 36.0 Å². The van der Waals surface area contributed by atoms with Gasteiger partial charge in [-0.15, -0.1) is 0 Å². The Morgan fingerprint density at radius 2 is 1.58 bits per heavy atom. The summed E-state index contributed by atoms with van der Waals surface area (Å²) in [5.41, 5.74) is 3.19. The lowest BCUT2D eigenvalue weighted by molar-refractivity contribution is -0.143. The number of amides is 6. The zero-order chi connectivity index (χ0) is 43.8. The van der Waals surface area contributed by atoms with E-state index >= 15 is 0 Å². The first-order valence-electron chi connectivity index (χ1n) is 19.4. The summed E-state index contributed by atoms with van der Waals surface area (Å²) in [6.45, 7) is 1.30. The number of aliphatic carboxylic acids is 1. The van der Waals surface area contributed by atoms with Crippen molar-refractivity contribution in [3.63, 3.8) is 0 Å². The average molecular weight is 827 g/mol. The molecule has 3 aliphatic rings. The van der Waals surface area contributed by atoms with Crippen molar-refractivity contribution in [3.05, 3.63) is 107 Å². The van der Waals surface area contributed by atoms with E-state index in [9.17, 15) is 54.0 Å². The number of carboxylic acids is 1. The molecule has 17 heteroatoms. The molecule has 8 N–H and O–H groups in total. The molecular formula is C43H50N6O11. The molecule has 0 radical (unpaired) electrons. The number of fused-ring (bicyclic) bond motifs is 4. The smallest absolute Gasteiger partial charge is 0.326 e. The summed E-state index contributed by atoms with van der Waals surface area (Å²) in [4.78, 5) is 94.6. The number of aliphatic hydroxyl groups is 3. The number of aliphatic hydroxyl groups excluding tert-OH is 3. The number of benzene rings is 2. The molecule has 1 aliphatic heterocycles. The van der Waals surface area contributed by atoms with Crippen molar-refractivity contribution in [2.24, 2.45) is 5.92 Å². The second-order valence-electron chi connectivity index (χ2n) is 15.0. The van der Waals surface area contributed by atoms with Crippen molar-refractivity contribution >= 4 is 41.4 Å². The Labute approximate surface area is 346 Å². The summed E-state index contributed by atoms with van der Waals surface area (Å²) in [7, 11) is 2.66. The Bertz CT molecular complexity index is 2130. The minimum absolute atomic E-state index is 0.0332. The van der Waals surface area contributed by atoms with Gasteiger partial charge in [0.05, 0.1) is 19.3 Å². The number of nitrogens with zero attached hydrogens (tertiary/aromatic N) is 2. The SMILES string of the molecule is C[C@@H]1NC(=O)[C@@H](N(C)C(=O)CNC(=O)[C@@H](C)NC(=O)[C@@H](CO)N(C)C(=O)c2ccc(-c3ccccc3)cc2)[C@H]2C=CC(O)=C(C2)C2=CC(=CC[C@@H]2O)C[C@@H](C(=O)O)NC1=O. The van der Waals surface area contributed by atoms with E-state index in [2.05, 4.69) is 21.3 Å². The molecule has 318 valence electrons. The van der Waals surface area contributed by atoms with Gasteiger partial charge in [-0.1, -0.05) is 60.7 Å². The fourth-order valence-corrected chi connectivity index (χ4v) is 7.27. The highest BCUT2D eigenvalue weighted by atomic mass is 16.4. The molecule has 4 bridgehead atoms. The van der Waals surface area contributed by atoms with Crippen LogP contribution in [-0.4, -0.2) is 135 Å².